The average molecular weight is 419 g/mol. The molecule has 0 radical (unpaired) electrons. The van der Waals surface area contributed by atoms with Gasteiger partial charge in [0, 0.05) is 14.9 Å². The summed E-state index contributed by atoms with van der Waals surface area (Å²) in [5, 5.41) is 14.1. The normalized spacial score (nSPS) is 11.0. The van der Waals surface area contributed by atoms with E-state index in [0.717, 1.165) is 22.2 Å². The number of hydrogen-bond acceptors (Lipinski definition) is 4. The number of carbonyl (C=O) groups excluding carboxylic acids is 1. The van der Waals surface area contributed by atoms with Crippen LogP contribution in [-0.2, 0) is 11.3 Å². The number of benzene rings is 1. The number of ether oxygens (including phenoxy) is 1. The molecule has 2 rings (SSSR count). The van der Waals surface area contributed by atoms with E-state index in [1.165, 1.54) is 0 Å². The van der Waals surface area contributed by atoms with E-state index in [0.29, 0.717) is 24.5 Å². The Bertz CT molecular complexity index is 779. The maximum atomic E-state index is 12.3. The molecule has 1 aromatic heterocycles. The average Bonchev–Trinajstić information content (AvgIpc) is 3.13. The van der Waals surface area contributed by atoms with Crippen LogP contribution < -0.4 is 10.1 Å². The zero-order chi connectivity index (χ0) is 18.1. The van der Waals surface area contributed by atoms with Gasteiger partial charge in [0.25, 0.3) is 5.91 Å². The highest BCUT2D eigenvalue weighted by atomic mass is 79.9. The van der Waals surface area contributed by atoms with Crippen molar-refractivity contribution in [1.82, 2.24) is 5.32 Å². The summed E-state index contributed by atoms with van der Waals surface area (Å²) in [5.74, 6) is 0.269. The van der Waals surface area contributed by atoms with Gasteiger partial charge in [-0.15, -0.1) is 11.3 Å². The standard InChI is InChI=1S/C19H19BrN2O2S/c1-2-3-8-24-18-7-6-16(20)11-14(18)10-15(12-21)19(23)22-13-17-5-4-9-25-17/h4-7,9-11H,2-3,8,13H2,1H3,(H,22,23)/b15-10+. The molecular formula is C19H19BrN2O2S. The van der Waals surface area contributed by atoms with Crippen molar-refractivity contribution < 1.29 is 9.53 Å². The van der Waals surface area contributed by atoms with Crippen molar-refractivity contribution in [2.75, 3.05) is 6.61 Å². The lowest BCUT2D eigenvalue weighted by Gasteiger charge is -2.10. The predicted molar refractivity (Wildman–Crippen MR) is 104 cm³/mol. The van der Waals surface area contributed by atoms with Crippen molar-refractivity contribution in [3.63, 3.8) is 0 Å². The highest BCUT2D eigenvalue weighted by Crippen LogP contribution is 2.26. The molecule has 0 aliphatic carbocycles. The fourth-order valence-electron chi connectivity index (χ4n) is 2.07. The molecule has 0 fully saturated rings. The fraction of sp³-hybridized carbons (Fsp3) is 0.263. The minimum atomic E-state index is -0.393. The monoisotopic (exact) mass is 418 g/mol. The number of hydrogen-bond donors (Lipinski definition) is 1. The van der Waals surface area contributed by atoms with Gasteiger partial charge < -0.3 is 10.1 Å². The molecule has 6 heteroatoms. The Morgan fingerprint density at radius 1 is 1.44 bits per heavy atom. The topological polar surface area (TPSA) is 62.1 Å². The molecule has 25 heavy (non-hydrogen) atoms. The van der Waals surface area contributed by atoms with Crippen LogP contribution in [0.25, 0.3) is 6.08 Å². The van der Waals surface area contributed by atoms with Crippen LogP contribution in [0.1, 0.15) is 30.2 Å². The van der Waals surface area contributed by atoms with Gasteiger partial charge in [-0.1, -0.05) is 35.3 Å². The Morgan fingerprint density at radius 2 is 2.28 bits per heavy atom. The van der Waals surface area contributed by atoms with Crippen LogP contribution in [0.4, 0.5) is 0 Å². The fourth-order valence-corrected chi connectivity index (χ4v) is 3.09. The molecule has 0 bridgehead atoms. The van der Waals surface area contributed by atoms with Crippen LogP contribution in [0.3, 0.4) is 0 Å². The molecule has 1 amide bonds. The zero-order valence-corrected chi connectivity index (χ0v) is 16.3. The number of nitriles is 1. The summed E-state index contributed by atoms with van der Waals surface area (Å²) in [6.07, 6.45) is 3.55. The molecule has 0 aliphatic rings. The summed E-state index contributed by atoms with van der Waals surface area (Å²) in [5.41, 5.74) is 0.753. The first kappa shape index (κ1) is 19.2. The summed E-state index contributed by atoms with van der Waals surface area (Å²) in [7, 11) is 0. The Labute approximate surface area is 160 Å². The first-order valence-corrected chi connectivity index (χ1v) is 9.66. The molecule has 1 heterocycles. The number of unbranched alkanes of at least 4 members (excludes halogenated alkanes) is 1. The summed E-state index contributed by atoms with van der Waals surface area (Å²) in [4.78, 5) is 13.3. The Hall–Kier alpha value is -2.10. The Balaban J connectivity index is 2.15. The maximum absolute atomic E-state index is 12.3. The lowest BCUT2D eigenvalue weighted by Crippen LogP contribution is -2.23. The molecule has 130 valence electrons. The van der Waals surface area contributed by atoms with Crippen LogP contribution in [0, 0.1) is 11.3 Å². The van der Waals surface area contributed by atoms with E-state index in [-0.39, 0.29) is 5.57 Å². The minimum absolute atomic E-state index is 0.0509. The second-order valence-corrected chi connectivity index (χ2v) is 7.26. The first-order valence-electron chi connectivity index (χ1n) is 7.98. The summed E-state index contributed by atoms with van der Waals surface area (Å²) in [6, 6.07) is 11.4. The highest BCUT2D eigenvalue weighted by Gasteiger charge is 2.11. The van der Waals surface area contributed by atoms with Gasteiger partial charge in [-0.2, -0.15) is 5.26 Å². The summed E-state index contributed by atoms with van der Waals surface area (Å²) >= 11 is 4.98. The third-order valence-electron chi connectivity index (χ3n) is 3.40. The lowest BCUT2D eigenvalue weighted by atomic mass is 10.1. The largest absolute Gasteiger partial charge is 0.493 e. The number of thiophene rings is 1. The van der Waals surface area contributed by atoms with Crippen LogP contribution in [-0.4, -0.2) is 12.5 Å². The van der Waals surface area contributed by atoms with Crippen LogP contribution in [0.2, 0.25) is 0 Å². The van der Waals surface area contributed by atoms with Gasteiger partial charge >= 0.3 is 0 Å². The van der Waals surface area contributed by atoms with Crippen LogP contribution >= 0.6 is 27.3 Å². The van der Waals surface area contributed by atoms with Crippen molar-refractivity contribution in [1.29, 1.82) is 5.26 Å². The van der Waals surface area contributed by atoms with Gasteiger partial charge in [0.15, 0.2) is 0 Å². The van der Waals surface area contributed by atoms with Gasteiger partial charge in [0.05, 0.1) is 13.2 Å². The van der Waals surface area contributed by atoms with E-state index in [1.54, 1.807) is 17.4 Å². The van der Waals surface area contributed by atoms with E-state index in [2.05, 4.69) is 28.2 Å². The molecule has 4 nitrogen and oxygen atoms in total. The van der Waals surface area contributed by atoms with Gasteiger partial charge in [-0.05, 0) is 42.1 Å². The van der Waals surface area contributed by atoms with Crippen molar-refractivity contribution in [3.05, 3.63) is 56.2 Å². The van der Waals surface area contributed by atoms with Gasteiger partial charge in [0.1, 0.15) is 17.4 Å². The van der Waals surface area contributed by atoms with Crippen molar-refractivity contribution in [2.45, 2.75) is 26.3 Å². The molecule has 0 saturated carbocycles. The molecule has 0 saturated heterocycles. The zero-order valence-electron chi connectivity index (χ0n) is 13.9. The third kappa shape index (κ3) is 6.04. The van der Waals surface area contributed by atoms with Crippen molar-refractivity contribution >= 4 is 39.2 Å². The smallest absolute Gasteiger partial charge is 0.262 e. The van der Waals surface area contributed by atoms with Gasteiger partial charge in [-0.3, -0.25) is 4.79 Å². The van der Waals surface area contributed by atoms with Crippen molar-refractivity contribution in [2.24, 2.45) is 0 Å². The molecule has 0 unspecified atom stereocenters. The van der Waals surface area contributed by atoms with E-state index in [1.807, 2.05) is 41.8 Å². The number of rotatable bonds is 8. The number of amides is 1. The summed E-state index contributed by atoms with van der Waals surface area (Å²) < 4.78 is 6.63. The number of carbonyl (C=O) groups is 1. The van der Waals surface area contributed by atoms with E-state index in [9.17, 15) is 10.1 Å². The van der Waals surface area contributed by atoms with E-state index >= 15 is 0 Å². The molecule has 0 aliphatic heterocycles. The number of nitrogens with zero attached hydrogens (tertiary/aromatic N) is 1. The highest BCUT2D eigenvalue weighted by molar-refractivity contribution is 9.10. The Kier molecular flexibility index (Phi) is 7.71. The molecule has 1 N–H and O–H groups in total. The van der Waals surface area contributed by atoms with Gasteiger partial charge in [-0.25, -0.2) is 0 Å². The van der Waals surface area contributed by atoms with Crippen molar-refractivity contribution in [3.8, 4) is 11.8 Å². The SMILES string of the molecule is CCCCOc1ccc(Br)cc1/C=C(\C#N)C(=O)NCc1cccs1. The molecule has 1 aromatic carbocycles. The van der Waals surface area contributed by atoms with E-state index < -0.39 is 5.91 Å². The molecule has 2 aromatic rings. The maximum Gasteiger partial charge on any atom is 0.262 e. The van der Waals surface area contributed by atoms with Crippen LogP contribution in [0.15, 0.2) is 45.8 Å². The quantitative estimate of drug-likeness (QED) is 0.376. The number of halogens is 1. The predicted octanol–water partition coefficient (Wildman–Crippen LogP) is 4.91. The second-order valence-electron chi connectivity index (χ2n) is 5.32. The Morgan fingerprint density at radius 3 is 2.96 bits per heavy atom. The summed E-state index contributed by atoms with van der Waals surface area (Å²) in [6.45, 7) is 3.11. The van der Waals surface area contributed by atoms with E-state index in [4.69, 9.17) is 4.74 Å². The minimum Gasteiger partial charge on any atom is -0.493 e. The second kappa shape index (κ2) is 10.0. The first-order chi connectivity index (χ1) is 12.1. The number of nitrogens with one attached hydrogen (secondary N) is 1. The molecule has 0 spiro atoms. The molecule has 0 atom stereocenters. The lowest BCUT2D eigenvalue weighted by molar-refractivity contribution is -0.117. The van der Waals surface area contributed by atoms with Gasteiger partial charge in [0.2, 0.25) is 0 Å². The molecular weight excluding hydrogens is 400 g/mol. The van der Waals surface area contributed by atoms with Crippen LogP contribution in [0.5, 0.6) is 5.75 Å². The third-order valence-corrected chi connectivity index (χ3v) is 4.77.